The van der Waals surface area contributed by atoms with Crippen molar-refractivity contribution in [3.8, 4) is 11.1 Å². The summed E-state index contributed by atoms with van der Waals surface area (Å²) in [5.41, 5.74) is 6.08. The van der Waals surface area contributed by atoms with Crippen LogP contribution in [0, 0.1) is 30.1 Å². The number of nitrogens with zero attached hydrogens (tertiary/aromatic N) is 7. The summed E-state index contributed by atoms with van der Waals surface area (Å²) in [5.74, 6) is 2.00. The third-order valence-electron chi connectivity index (χ3n) is 13.1. The maximum absolute atomic E-state index is 10.8. The fourth-order valence-corrected chi connectivity index (χ4v) is 12.9. The predicted octanol–water partition coefficient (Wildman–Crippen LogP) is 6.88. The fourth-order valence-electron chi connectivity index (χ4n) is 12.0. The molecule has 4 saturated carbocycles. The summed E-state index contributed by atoms with van der Waals surface area (Å²) in [4.78, 5) is 11.6. The van der Waals surface area contributed by atoms with Gasteiger partial charge < -0.3 is 35.6 Å². The lowest BCUT2D eigenvalue weighted by Gasteiger charge is -2.69. The van der Waals surface area contributed by atoms with Gasteiger partial charge >= 0.3 is 0 Å². The first-order valence-electron chi connectivity index (χ1n) is 20.5. The fraction of sp³-hybridized carbons (Fsp3) is 0.558. The summed E-state index contributed by atoms with van der Waals surface area (Å²) in [6, 6.07) is 11.9. The van der Waals surface area contributed by atoms with E-state index >= 15 is 0 Å². The number of aromatic nitrogens is 6. The lowest BCUT2D eigenvalue weighted by atomic mass is 9.39. The molecule has 5 heterocycles. The number of fused-ring (bicyclic) bond motifs is 2. The van der Waals surface area contributed by atoms with Gasteiger partial charge in [0.15, 0.2) is 23.1 Å². The second kappa shape index (κ2) is 14.6. The molecule has 0 amide bonds. The Balaban J connectivity index is 0.959. The summed E-state index contributed by atoms with van der Waals surface area (Å²) in [6.07, 6.45) is 9.33. The van der Waals surface area contributed by atoms with Crippen LogP contribution in [-0.4, -0.2) is 83.7 Å². The molecule has 2 atom stereocenters. The first-order valence-corrected chi connectivity index (χ1v) is 21.3. The van der Waals surface area contributed by atoms with Gasteiger partial charge in [0.25, 0.3) is 0 Å². The molecular weight excluding hydrogens is 739 g/mol. The summed E-state index contributed by atoms with van der Waals surface area (Å²) in [6.45, 7) is 13.0. The van der Waals surface area contributed by atoms with Gasteiger partial charge in [0.05, 0.1) is 28.6 Å². The third kappa shape index (κ3) is 7.22. The van der Waals surface area contributed by atoms with Gasteiger partial charge in [0, 0.05) is 54.2 Å². The second-order valence-electron chi connectivity index (χ2n) is 18.2. The van der Waals surface area contributed by atoms with Gasteiger partial charge in [0.2, 0.25) is 0 Å². The van der Waals surface area contributed by atoms with E-state index in [-0.39, 0.29) is 34.1 Å². The van der Waals surface area contributed by atoms with E-state index in [9.17, 15) is 10.2 Å². The van der Waals surface area contributed by atoms with Crippen molar-refractivity contribution >= 4 is 44.1 Å². The quantitative estimate of drug-likeness (QED) is 0.0586. The van der Waals surface area contributed by atoms with Crippen LogP contribution in [0.25, 0.3) is 21.3 Å². The van der Waals surface area contributed by atoms with Crippen LogP contribution in [-0.2, 0) is 17.7 Å². The highest BCUT2D eigenvalue weighted by Gasteiger charge is 2.66. The Morgan fingerprint density at radius 2 is 1.74 bits per heavy atom. The average molecular weight is 794 g/mol. The van der Waals surface area contributed by atoms with E-state index in [1.807, 2.05) is 41.4 Å². The number of rotatable bonds is 14. The monoisotopic (exact) mass is 793 g/mol. The number of aliphatic hydroxyl groups excluding tert-OH is 2. The lowest BCUT2D eigenvalue weighted by Crippen LogP contribution is -2.64. The molecule has 5 aliphatic rings. The molecule has 1 aliphatic heterocycles. The minimum atomic E-state index is -1.78. The standard InChI is InChI=1S/C43H55N9O4S/c1-27-29-9-7-16-51(37(29)50-49-36(27)48-39-46-32-10-5-6-11-33(32)57-39)34-13-12-30(35(47-34)38(54)55)31-19-45-52(28(31)2)26-42-21-40(3)20-41(4,22-42)24-43(23-40,25-42)56-18-15-44-14-8-17-53/h5-6,10-13,19,38,44,53-55H,7-9,14-18,20-26H2,1-4H3,(H,46,48,49). The van der Waals surface area contributed by atoms with Crippen molar-refractivity contribution in [2.24, 2.45) is 16.2 Å². The van der Waals surface area contributed by atoms with E-state index in [0.29, 0.717) is 30.4 Å². The molecule has 4 fully saturated rings. The molecule has 0 spiro atoms. The third-order valence-corrected chi connectivity index (χ3v) is 14.0. The minimum absolute atomic E-state index is 0.0582. The van der Waals surface area contributed by atoms with Crippen LogP contribution in [0.4, 0.5) is 22.6 Å². The van der Waals surface area contributed by atoms with E-state index in [4.69, 9.17) is 24.9 Å². The highest BCUT2D eigenvalue weighted by molar-refractivity contribution is 7.22. The largest absolute Gasteiger partial charge is 0.396 e. The Hall–Kier alpha value is -4.05. The minimum Gasteiger partial charge on any atom is -0.396 e. The average Bonchev–Trinajstić information content (AvgIpc) is 3.74. The number of anilines is 4. The maximum atomic E-state index is 10.8. The molecule has 57 heavy (non-hydrogen) atoms. The zero-order valence-corrected chi connectivity index (χ0v) is 34.3. The van der Waals surface area contributed by atoms with E-state index in [1.165, 1.54) is 6.42 Å². The Morgan fingerprint density at radius 3 is 2.51 bits per heavy atom. The van der Waals surface area contributed by atoms with Crippen LogP contribution in [0.3, 0.4) is 0 Å². The number of benzene rings is 1. The van der Waals surface area contributed by atoms with Gasteiger partial charge in [-0.25, -0.2) is 9.97 Å². The Bertz CT molecular complexity index is 2240. The van der Waals surface area contributed by atoms with Crippen LogP contribution in [0.5, 0.6) is 0 Å². The van der Waals surface area contributed by atoms with Crippen LogP contribution in [0.1, 0.15) is 94.0 Å². The first-order chi connectivity index (χ1) is 27.4. The number of thiazole rings is 1. The molecule has 4 aromatic heterocycles. The summed E-state index contributed by atoms with van der Waals surface area (Å²) in [7, 11) is 0. The topological polar surface area (TPSA) is 167 Å². The van der Waals surface area contributed by atoms with E-state index < -0.39 is 6.29 Å². The molecular formula is C43H55N9O4S. The van der Waals surface area contributed by atoms with Crippen molar-refractivity contribution in [3.63, 3.8) is 0 Å². The molecule has 2 unspecified atom stereocenters. The molecule has 5 aromatic rings. The van der Waals surface area contributed by atoms with E-state index in [0.717, 1.165) is 115 Å². The number of aliphatic hydroxyl groups is 3. The van der Waals surface area contributed by atoms with Crippen molar-refractivity contribution in [1.82, 2.24) is 35.3 Å². The molecule has 0 saturated heterocycles. The van der Waals surface area contributed by atoms with Crippen molar-refractivity contribution in [1.29, 1.82) is 0 Å². The highest BCUT2D eigenvalue weighted by Crippen LogP contribution is 2.72. The van der Waals surface area contributed by atoms with E-state index in [1.54, 1.807) is 11.3 Å². The van der Waals surface area contributed by atoms with Gasteiger partial charge in [-0.15, -0.1) is 10.2 Å². The Kier molecular flexibility index (Phi) is 9.89. The van der Waals surface area contributed by atoms with Gasteiger partial charge in [-0.2, -0.15) is 5.10 Å². The molecule has 4 aliphatic carbocycles. The molecule has 4 bridgehead atoms. The number of nitrogens with one attached hydrogen (secondary N) is 2. The zero-order chi connectivity index (χ0) is 39.6. The number of hydrogen-bond donors (Lipinski definition) is 5. The SMILES string of the molecule is Cc1c(Nc2nc3ccccc3s2)nnc2c1CCCN2c1ccc(-c2cnn(CC34CC5(C)CC(C)(C3)CC(OCCNCCCO)(C5)C4)c2C)c(C(O)O)n1. The van der Waals surface area contributed by atoms with Crippen LogP contribution in [0.2, 0.25) is 0 Å². The van der Waals surface area contributed by atoms with Gasteiger partial charge in [-0.3, -0.25) is 4.68 Å². The number of para-hydroxylation sites is 1. The van der Waals surface area contributed by atoms with Gasteiger partial charge in [0.1, 0.15) is 11.5 Å². The predicted molar refractivity (Wildman–Crippen MR) is 222 cm³/mol. The molecule has 13 nitrogen and oxygen atoms in total. The molecule has 14 heteroatoms. The number of pyridine rings is 1. The smallest absolute Gasteiger partial charge is 0.196 e. The lowest BCUT2D eigenvalue weighted by molar-refractivity contribution is -0.247. The van der Waals surface area contributed by atoms with Crippen molar-refractivity contribution in [2.45, 2.75) is 104 Å². The molecule has 1 aromatic carbocycles. The molecule has 10 rings (SSSR count). The molecule has 302 valence electrons. The van der Waals surface area contributed by atoms with Gasteiger partial charge in [-0.1, -0.05) is 37.3 Å². The van der Waals surface area contributed by atoms with Crippen LogP contribution >= 0.6 is 11.3 Å². The van der Waals surface area contributed by atoms with Crippen molar-refractivity contribution in [2.75, 3.05) is 43.1 Å². The second-order valence-corrected chi connectivity index (χ2v) is 19.2. The van der Waals surface area contributed by atoms with Gasteiger partial charge in [-0.05, 0) is 119 Å². The molecule has 0 radical (unpaired) electrons. The summed E-state index contributed by atoms with van der Waals surface area (Å²) < 4.78 is 10.1. The normalized spacial score (nSPS) is 26.5. The summed E-state index contributed by atoms with van der Waals surface area (Å²) in [5, 5.41) is 52.5. The van der Waals surface area contributed by atoms with Crippen molar-refractivity contribution < 1.29 is 20.1 Å². The number of ether oxygens (including phenoxy) is 1. The summed E-state index contributed by atoms with van der Waals surface area (Å²) >= 11 is 1.58. The van der Waals surface area contributed by atoms with Crippen molar-refractivity contribution in [3.05, 3.63) is 65.1 Å². The van der Waals surface area contributed by atoms with Crippen LogP contribution in [0.15, 0.2) is 42.6 Å². The zero-order valence-electron chi connectivity index (χ0n) is 33.5. The van der Waals surface area contributed by atoms with E-state index in [2.05, 4.69) is 59.3 Å². The highest BCUT2D eigenvalue weighted by atomic mass is 32.1. The molecule has 5 N–H and O–H groups in total. The number of hydrogen-bond acceptors (Lipinski definition) is 13. The maximum Gasteiger partial charge on any atom is 0.196 e. The first kappa shape index (κ1) is 38.5. The Morgan fingerprint density at radius 1 is 0.930 bits per heavy atom. The Labute approximate surface area is 337 Å². The van der Waals surface area contributed by atoms with Crippen LogP contribution < -0.4 is 15.5 Å².